The summed E-state index contributed by atoms with van der Waals surface area (Å²) in [4.78, 5) is 11.0. The largest absolute Gasteiger partial charge is 0.463 e. The van der Waals surface area contributed by atoms with Crippen molar-refractivity contribution in [1.29, 1.82) is 0 Å². The van der Waals surface area contributed by atoms with Crippen LogP contribution in [0.15, 0.2) is 0 Å². The maximum atomic E-state index is 11.0. The minimum absolute atomic E-state index is 0.0332. The van der Waals surface area contributed by atoms with Crippen molar-refractivity contribution in [3.8, 4) is 0 Å². The van der Waals surface area contributed by atoms with Gasteiger partial charge in [0, 0.05) is 20.1 Å². The van der Waals surface area contributed by atoms with Gasteiger partial charge < -0.3 is 14.2 Å². The zero-order valence-electron chi connectivity index (χ0n) is 22.8. The summed E-state index contributed by atoms with van der Waals surface area (Å²) in [6, 6.07) is 0. The lowest BCUT2D eigenvalue weighted by Gasteiger charge is -2.19. The molecule has 4 heteroatoms. The van der Waals surface area contributed by atoms with E-state index in [9.17, 15) is 4.79 Å². The Kier molecular flexibility index (Phi) is 25.5. The number of carbonyl (C=O) groups is 1. The van der Waals surface area contributed by atoms with Crippen LogP contribution >= 0.6 is 0 Å². The summed E-state index contributed by atoms with van der Waals surface area (Å²) in [6.45, 7) is 9.65. The summed E-state index contributed by atoms with van der Waals surface area (Å²) < 4.78 is 17.5. The van der Waals surface area contributed by atoms with Gasteiger partial charge in [0.1, 0.15) is 0 Å². The Morgan fingerprint density at radius 2 is 0.970 bits per heavy atom. The third-order valence-corrected chi connectivity index (χ3v) is 6.27. The maximum absolute atomic E-state index is 11.0. The highest BCUT2D eigenvalue weighted by Crippen LogP contribution is 2.15. The molecule has 0 amide bonds. The Hall–Kier alpha value is -0.610. The van der Waals surface area contributed by atoms with Crippen LogP contribution in [0.25, 0.3) is 0 Å². The number of rotatable bonds is 26. The molecule has 0 rings (SSSR count). The number of ether oxygens (including phenoxy) is 3. The van der Waals surface area contributed by atoms with Crippen molar-refractivity contribution >= 4 is 5.97 Å². The fourth-order valence-electron chi connectivity index (χ4n) is 4.20. The molecule has 0 bridgehead atoms. The van der Waals surface area contributed by atoms with E-state index in [1.807, 2.05) is 6.92 Å². The number of hydrogen-bond donors (Lipinski definition) is 0. The molecule has 4 nitrogen and oxygen atoms in total. The molecule has 0 aromatic carbocycles. The molecule has 0 aliphatic heterocycles. The molecular weight excluding hydrogens is 412 g/mol. The number of hydrogen-bond acceptors (Lipinski definition) is 4. The van der Waals surface area contributed by atoms with Crippen molar-refractivity contribution in [1.82, 2.24) is 0 Å². The molecule has 1 atom stereocenters. The van der Waals surface area contributed by atoms with Gasteiger partial charge in [-0.1, -0.05) is 104 Å². The maximum Gasteiger partial charge on any atom is 0.302 e. The first-order valence-corrected chi connectivity index (χ1v) is 14.5. The van der Waals surface area contributed by atoms with Crippen LogP contribution in [0.1, 0.15) is 156 Å². The van der Waals surface area contributed by atoms with Crippen LogP contribution in [0.2, 0.25) is 0 Å². The SMILES string of the molecule is CCCCCCCCCOC(CCCCCCC(C)OC(C)=O)OCCCCCCCCC. The molecule has 198 valence electrons. The van der Waals surface area contributed by atoms with E-state index >= 15 is 0 Å². The topological polar surface area (TPSA) is 44.8 Å². The summed E-state index contributed by atoms with van der Waals surface area (Å²) in [5, 5.41) is 0. The van der Waals surface area contributed by atoms with E-state index in [2.05, 4.69) is 13.8 Å². The van der Waals surface area contributed by atoms with Gasteiger partial charge in [-0.05, 0) is 45.4 Å². The van der Waals surface area contributed by atoms with Gasteiger partial charge in [0.15, 0.2) is 6.29 Å². The van der Waals surface area contributed by atoms with E-state index in [0.717, 1.165) is 51.7 Å². The van der Waals surface area contributed by atoms with Gasteiger partial charge >= 0.3 is 5.97 Å². The molecule has 0 aliphatic rings. The van der Waals surface area contributed by atoms with E-state index in [-0.39, 0.29) is 18.4 Å². The van der Waals surface area contributed by atoms with Crippen LogP contribution in [0.3, 0.4) is 0 Å². The molecule has 0 spiro atoms. The summed E-state index contributed by atoms with van der Waals surface area (Å²) in [5.74, 6) is -0.179. The molecule has 0 aliphatic carbocycles. The zero-order valence-corrected chi connectivity index (χ0v) is 22.8. The number of unbranched alkanes of at least 4 members (excludes halogenated alkanes) is 15. The quantitative estimate of drug-likeness (QED) is 0.0718. The van der Waals surface area contributed by atoms with Gasteiger partial charge in [0.2, 0.25) is 0 Å². The first-order chi connectivity index (χ1) is 16.1. The average molecular weight is 471 g/mol. The second-order valence-corrected chi connectivity index (χ2v) is 9.83. The van der Waals surface area contributed by atoms with Crippen molar-refractivity contribution < 1.29 is 19.0 Å². The van der Waals surface area contributed by atoms with E-state index in [1.165, 1.54) is 96.8 Å². The predicted molar refractivity (Wildman–Crippen MR) is 141 cm³/mol. The van der Waals surface area contributed by atoms with E-state index in [4.69, 9.17) is 14.2 Å². The lowest BCUT2D eigenvalue weighted by Crippen LogP contribution is -2.19. The van der Waals surface area contributed by atoms with Crippen molar-refractivity contribution in [2.75, 3.05) is 13.2 Å². The molecule has 0 radical (unpaired) electrons. The zero-order chi connectivity index (χ0) is 24.4. The first kappa shape index (κ1) is 32.4. The van der Waals surface area contributed by atoms with E-state index in [0.29, 0.717) is 0 Å². The lowest BCUT2D eigenvalue weighted by atomic mass is 10.1. The van der Waals surface area contributed by atoms with Gasteiger partial charge in [-0.15, -0.1) is 0 Å². The fraction of sp³-hybridized carbons (Fsp3) is 0.966. The van der Waals surface area contributed by atoms with Crippen LogP contribution in [0.4, 0.5) is 0 Å². The first-order valence-electron chi connectivity index (χ1n) is 14.5. The third-order valence-electron chi connectivity index (χ3n) is 6.27. The molecule has 0 aromatic heterocycles. The van der Waals surface area contributed by atoms with Gasteiger partial charge in [-0.2, -0.15) is 0 Å². The summed E-state index contributed by atoms with van der Waals surface area (Å²) in [7, 11) is 0. The second kappa shape index (κ2) is 26.0. The van der Waals surface area contributed by atoms with Crippen LogP contribution in [0, 0.1) is 0 Å². The van der Waals surface area contributed by atoms with E-state index < -0.39 is 0 Å². The van der Waals surface area contributed by atoms with Crippen LogP contribution < -0.4 is 0 Å². The molecule has 0 saturated heterocycles. The molecule has 33 heavy (non-hydrogen) atoms. The van der Waals surface area contributed by atoms with Crippen LogP contribution in [0.5, 0.6) is 0 Å². The fourth-order valence-corrected chi connectivity index (χ4v) is 4.20. The summed E-state index contributed by atoms with van der Waals surface area (Å²) in [6.07, 6.45) is 24.9. The van der Waals surface area contributed by atoms with Crippen LogP contribution in [-0.4, -0.2) is 31.6 Å². The highest BCUT2D eigenvalue weighted by Gasteiger charge is 2.10. The lowest BCUT2D eigenvalue weighted by molar-refractivity contribution is -0.148. The predicted octanol–water partition coefficient (Wildman–Crippen LogP) is 9.14. The van der Waals surface area contributed by atoms with Crippen molar-refractivity contribution in [3.05, 3.63) is 0 Å². The highest BCUT2D eigenvalue weighted by molar-refractivity contribution is 5.66. The molecule has 0 saturated carbocycles. The molecule has 1 unspecified atom stereocenters. The van der Waals surface area contributed by atoms with Crippen LogP contribution in [-0.2, 0) is 19.0 Å². The molecular formula is C29H58O4. The normalized spacial score (nSPS) is 12.4. The molecule has 0 heterocycles. The van der Waals surface area contributed by atoms with Gasteiger partial charge in [-0.3, -0.25) is 4.79 Å². The molecule has 0 fully saturated rings. The molecule has 0 aromatic rings. The standard InChI is InChI=1S/C29H58O4/c1-5-7-9-11-13-17-21-25-31-29(32-26-22-18-14-12-10-8-6-2)24-20-16-15-19-23-27(3)33-28(4)30/h27,29H,5-26H2,1-4H3. The minimum atomic E-state index is -0.179. The van der Waals surface area contributed by atoms with E-state index in [1.54, 1.807) is 0 Å². The van der Waals surface area contributed by atoms with Gasteiger partial charge in [-0.25, -0.2) is 0 Å². The second-order valence-electron chi connectivity index (χ2n) is 9.83. The van der Waals surface area contributed by atoms with Crippen molar-refractivity contribution in [2.24, 2.45) is 0 Å². The van der Waals surface area contributed by atoms with Gasteiger partial charge in [0.25, 0.3) is 0 Å². The van der Waals surface area contributed by atoms with Crippen molar-refractivity contribution in [2.45, 2.75) is 169 Å². The Labute approximate surface area is 206 Å². The Bertz CT molecular complexity index is 379. The van der Waals surface area contributed by atoms with Gasteiger partial charge in [0.05, 0.1) is 6.10 Å². The Morgan fingerprint density at radius 3 is 1.42 bits per heavy atom. The number of carbonyl (C=O) groups excluding carboxylic acids is 1. The summed E-state index contributed by atoms with van der Waals surface area (Å²) in [5.41, 5.74) is 0. The Morgan fingerprint density at radius 1 is 0.576 bits per heavy atom. The Balaban J connectivity index is 3.94. The summed E-state index contributed by atoms with van der Waals surface area (Å²) >= 11 is 0. The number of esters is 1. The highest BCUT2D eigenvalue weighted by atomic mass is 16.7. The minimum Gasteiger partial charge on any atom is -0.463 e. The third kappa shape index (κ3) is 25.8. The average Bonchev–Trinajstić information content (AvgIpc) is 2.78. The smallest absolute Gasteiger partial charge is 0.302 e. The monoisotopic (exact) mass is 470 g/mol. The molecule has 0 N–H and O–H groups in total. The van der Waals surface area contributed by atoms with Crippen molar-refractivity contribution in [3.63, 3.8) is 0 Å².